The third kappa shape index (κ3) is 8.91. The molecule has 0 spiro atoms. The fourth-order valence-electron chi connectivity index (χ4n) is 6.20. The number of aromatic nitrogens is 1. The van der Waals surface area contributed by atoms with E-state index < -0.39 is 0 Å². The van der Waals surface area contributed by atoms with Gasteiger partial charge in [0, 0.05) is 63.7 Å². The van der Waals surface area contributed by atoms with Crippen molar-refractivity contribution in [2.75, 3.05) is 0 Å². The fourth-order valence-corrected chi connectivity index (χ4v) is 7.38. The van der Waals surface area contributed by atoms with E-state index >= 15 is 0 Å². The second kappa shape index (κ2) is 16.4. The Morgan fingerprint density at radius 3 is 2.08 bits per heavy atom. The minimum atomic E-state index is -0.337. The fraction of sp³-hybridized carbons (Fsp3) is 0.455. The van der Waals surface area contributed by atoms with Gasteiger partial charge in [-0.25, -0.2) is 0 Å². The number of aliphatic hydroxyl groups excluding tert-OH is 1. The minimum Gasteiger partial charge on any atom is -0.512 e. The Hall–Kier alpha value is -2.85. The Balaban J connectivity index is 0.000000312. The van der Waals surface area contributed by atoms with Gasteiger partial charge in [0.15, 0.2) is 5.78 Å². The number of allylic oxidation sites excluding steroid dienone is 2. The van der Waals surface area contributed by atoms with Crippen molar-refractivity contribution in [3.63, 3.8) is 0 Å². The van der Waals surface area contributed by atoms with Gasteiger partial charge in [-0.2, -0.15) is 0 Å². The molecule has 2 heterocycles. The number of hydrogen-bond acceptors (Lipinski definition) is 4. The summed E-state index contributed by atoms with van der Waals surface area (Å²) in [6.45, 7) is 23.5. The molecule has 1 N–H and O–H groups in total. The summed E-state index contributed by atoms with van der Waals surface area (Å²) in [6.07, 6.45) is 7.82. The zero-order valence-electron chi connectivity index (χ0n) is 31.5. The minimum absolute atomic E-state index is 0. The van der Waals surface area contributed by atoms with Gasteiger partial charge < -0.3 is 5.11 Å². The number of aliphatic hydroxyl groups is 1. The molecular formula is C44H56IrNO2S-. The van der Waals surface area contributed by atoms with Crippen molar-refractivity contribution >= 4 is 48.1 Å². The molecule has 0 aliphatic rings. The van der Waals surface area contributed by atoms with Crippen LogP contribution in [0.3, 0.4) is 0 Å². The van der Waals surface area contributed by atoms with Gasteiger partial charge in [0.1, 0.15) is 5.76 Å². The van der Waals surface area contributed by atoms with Crippen LogP contribution in [0.25, 0.3) is 42.2 Å². The van der Waals surface area contributed by atoms with Crippen LogP contribution in [0.15, 0.2) is 72.6 Å². The third-order valence-corrected chi connectivity index (χ3v) is 11.7. The summed E-state index contributed by atoms with van der Waals surface area (Å²) >= 11 is 1.85. The molecule has 3 nitrogen and oxygen atoms in total. The van der Waals surface area contributed by atoms with E-state index in [1.807, 2.05) is 59.1 Å². The van der Waals surface area contributed by atoms with E-state index in [9.17, 15) is 9.90 Å². The van der Waals surface area contributed by atoms with Crippen molar-refractivity contribution in [1.82, 2.24) is 4.98 Å². The zero-order chi connectivity index (χ0) is 35.4. The van der Waals surface area contributed by atoms with Gasteiger partial charge in [-0.1, -0.05) is 111 Å². The Morgan fingerprint density at radius 2 is 1.49 bits per heavy atom. The summed E-state index contributed by atoms with van der Waals surface area (Å²) in [5, 5.41) is 15.2. The summed E-state index contributed by atoms with van der Waals surface area (Å²) in [7, 11) is 0. The molecule has 0 aliphatic carbocycles. The molecule has 1 radical (unpaired) electrons. The molecule has 0 amide bonds. The van der Waals surface area contributed by atoms with Gasteiger partial charge in [-0.15, -0.1) is 40.5 Å². The number of nitrogens with zero attached hydrogens (tertiary/aromatic N) is 1. The van der Waals surface area contributed by atoms with Gasteiger partial charge in [-0.05, 0) is 72.6 Å². The Labute approximate surface area is 313 Å². The van der Waals surface area contributed by atoms with Crippen LogP contribution in [0, 0.1) is 22.8 Å². The second-order valence-corrected chi connectivity index (χ2v) is 16.4. The molecule has 5 rings (SSSR count). The largest absolute Gasteiger partial charge is 0.512 e. The Bertz CT molecular complexity index is 1920. The first-order chi connectivity index (χ1) is 22.6. The average molecular weight is 855 g/mol. The molecule has 265 valence electrons. The topological polar surface area (TPSA) is 50.2 Å². The van der Waals surface area contributed by atoms with Crippen LogP contribution in [-0.4, -0.2) is 15.9 Å². The average Bonchev–Trinajstić information content (AvgIpc) is 3.44. The number of hydrogen-bond donors (Lipinski definition) is 1. The smallest absolute Gasteiger partial charge is 0.164 e. The molecule has 5 aromatic rings. The van der Waals surface area contributed by atoms with Crippen molar-refractivity contribution in [1.29, 1.82) is 0 Å². The normalized spacial score (nSPS) is 12.7. The quantitative estimate of drug-likeness (QED) is 0.0865. The molecule has 5 heteroatoms. The summed E-state index contributed by atoms with van der Waals surface area (Å²) in [4.78, 5) is 17.0. The standard InChI is InChI=1S/C29H28NS.C15H28O2.Ir/c1-18(2)14-19-10-11-26-24(15-19)23-12-13-30-27(28(23)31-26)21-16-20-8-6-7-9-22(20)25(17-21)29(3,4)5;1-7-14(5,8-2)12(16)11-13(17)15(6,9-3)10-4;/h6-13,15,17-18H,14H2,1-5H3;11,16H,7-10H2,1-6H3;/q-1;;/b;12-11-;. The van der Waals surface area contributed by atoms with Gasteiger partial charge in [0.2, 0.25) is 0 Å². The summed E-state index contributed by atoms with van der Waals surface area (Å²) in [5.41, 5.74) is 4.32. The van der Waals surface area contributed by atoms with Crippen LogP contribution in [0.5, 0.6) is 0 Å². The summed E-state index contributed by atoms with van der Waals surface area (Å²) in [5.74, 6) is 0.941. The number of pyridine rings is 1. The van der Waals surface area contributed by atoms with E-state index in [1.54, 1.807) is 0 Å². The van der Waals surface area contributed by atoms with E-state index in [1.165, 1.54) is 42.8 Å². The molecule has 0 aliphatic heterocycles. The number of carbonyl (C=O) groups is 1. The maximum Gasteiger partial charge on any atom is 0.164 e. The predicted molar refractivity (Wildman–Crippen MR) is 209 cm³/mol. The van der Waals surface area contributed by atoms with Crippen molar-refractivity contribution in [3.05, 3.63) is 89.8 Å². The van der Waals surface area contributed by atoms with Gasteiger partial charge in [0.05, 0.1) is 0 Å². The molecule has 0 fully saturated rings. The first-order valence-corrected chi connectivity index (χ1v) is 18.6. The van der Waals surface area contributed by atoms with Crippen molar-refractivity contribution in [2.24, 2.45) is 16.7 Å². The van der Waals surface area contributed by atoms with E-state index in [2.05, 4.69) is 95.3 Å². The Morgan fingerprint density at radius 1 is 0.857 bits per heavy atom. The van der Waals surface area contributed by atoms with Crippen molar-refractivity contribution < 1.29 is 30.0 Å². The Kier molecular flexibility index (Phi) is 13.6. The number of ketones is 1. The van der Waals surface area contributed by atoms with Crippen molar-refractivity contribution in [2.45, 2.75) is 114 Å². The second-order valence-electron chi connectivity index (χ2n) is 15.4. The number of thiophene rings is 1. The van der Waals surface area contributed by atoms with E-state index in [-0.39, 0.29) is 47.9 Å². The monoisotopic (exact) mass is 855 g/mol. The number of carbonyl (C=O) groups excluding carboxylic acids is 1. The van der Waals surface area contributed by atoms with E-state index in [0.717, 1.165) is 48.7 Å². The molecule has 0 unspecified atom stereocenters. The number of rotatable bonds is 10. The maximum absolute atomic E-state index is 12.2. The molecule has 0 bridgehead atoms. The molecular weight excluding hydrogens is 799 g/mol. The molecule has 2 aromatic heterocycles. The van der Waals surface area contributed by atoms with Crippen molar-refractivity contribution in [3.8, 4) is 11.3 Å². The summed E-state index contributed by atoms with van der Waals surface area (Å²) < 4.78 is 2.58. The number of fused-ring (bicyclic) bond motifs is 4. The SMILES string of the molecule is CC(C)Cc1ccc2sc3c(-c4[c-]c5ccccc5c(C(C)(C)C)c4)nccc3c2c1.CCC(C)(CC)C(=O)/C=C(\O)C(C)(CC)CC.[Ir]. The molecule has 0 saturated carbocycles. The first kappa shape index (κ1) is 40.6. The zero-order valence-corrected chi connectivity index (χ0v) is 34.7. The summed E-state index contributed by atoms with van der Waals surface area (Å²) in [6, 6.07) is 23.7. The van der Waals surface area contributed by atoms with E-state index in [4.69, 9.17) is 4.98 Å². The molecule has 0 atom stereocenters. The molecule has 3 aromatic carbocycles. The van der Waals surface area contributed by atoms with Gasteiger partial charge >= 0.3 is 0 Å². The van der Waals surface area contributed by atoms with Crippen LogP contribution in [0.2, 0.25) is 0 Å². The molecule has 49 heavy (non-hydrogen) atoms. The van der Waals surface area contributed by atoms with Crippen LogP contribution >= 0.6 is 11.3 Å². The van der Waals surface area contributed by atoms with Gasteiger partial charge in [0.25, 0.3) is 0 Å². The van der Waals surface area contributed by atoms with Crippen LogP contribution < -0.4 is 0 Å². The van der Waals surface area contributed by atoms with E-state index in [0.29, 0.717) is 5.92 Å². The van der Waals surface area contributed by atoms with Gasteiger partial charge in [-0.3, -0.25) is 9.78 Å². The van der Waals surface area contributed by atoms with Crippen LogP contribution in [0.1, 0.15) is 113 Å². The number of benzene rings is 3. The molecule has 0 saturated heterocycles. The third-order valence-electron chi connectivity index (χ3n) is 10.5. The predicted octanol–water partition coefficient (Wildman–Crippen LogP) is 13.2. The van der Waals surface area contributed by atoms with Crippen LogP contribution in [0.4, 0.5) is 0 Å². The first-order valence-electron chi connectivity index (χ1n) is 17.8. The maximum atomic E-state index is 12.2. The van der Waals surface area contributed by atoms with Crippen LogP contribution in [-0.2, 0) is 36.7 Å².